The van der Waals surface area contributed by atoms with Crippen molar-refractivity contribution in [1.29, 1.82) is 4.78 Å². The Kier molecular flexibility index (Phi) is 15.2. The molecule has 0 saturated heterocycles. The molecular weight excluding hydrogens is 1020 g/mol. The third kappa shape index (κ3) is 12.3. The molecule has 22 heteroatoms. The number of hydrogen-bond acceptors (Lipinski definition) is 16. The van der Waals surface area contributed by atoms with Gasteiger partial charge in [0.1, 0.15) is 6.10 Å². The van der Waals surface area contributed by atoms with Crippen LogP contribution in [0.3, 0.4) is 0 Å². The summed E-state index contributed by atoms with van der Waals surface area (Å²) in [6.45, 7) is 6.03. The average molecular weight is 1080 g/mol. The summed E-state index contributed by atoms with van der Waals surface area (Å²) in [5.74, 6) is 0.475. The number of carbonyl (C=O) groups is 2. The van der Waals surface area contributed by atoms with Crippen LogP contribution in [-0.2, 0) is 42.6 Å². The highest BCUT2D eigenvalue weighted by Gasteiger charge is 2.39. The third-order valence-electron chi connectivity index (χ3n) is 14.3. The van der Waals surface area contributed by atoms with Crippen LogP contribution in [0.2, 0.25) is 0 Å². The molecule has 2 atom stereocenters. The number of thiazole rings is 2. The lowest BCUT2D eigenvalue weighted by Gasteiger charge is -2.28. The number of aromatic nitrogens is 6. The summed E-state index contributed by atoms with van der Waals surface area (Å²) in [5.41, 5.74) is 4.36. The van der Waals surface area contributed by atoms with Crippen molar-refractivity contribution in [3.05, 3.63) is 83.6 Å². The van der Waals surface area contributed by atoms with Gasteiger partial charge in [-0.25, -0.2) is 37.0 Å². The molecule has 2 unspecified atom stereocenters. The number of ether oxygens (including phenoxy) is 2. The normalized spacial score (nSPS) is 21.4. The number of carbonyl (C=O) groups excluding carboxylic acids is 2. The molecule has 4 saturated carbocycles. The molecule has 6 aromatic rings. The molecule has 2 aromatic carbocycles. The zero-order valence-corrected chi connectivity index (χ0v) is 45.4. The molecule has 10 rings (SSSR count). The van der Waals surface area contributed by atoms with E-state index >= 15 is 0 Å². The summed E-state index contributed by atoms with van der Waals surface area (Å²) < 4.78 is 65.1. The Balaban J connectivity index is 0.691. The molecule has 5 N–H and O–H groups in total. The highest BCUT2D eigenvalue weighted by molar-refractivity contribution is 7.93. The van der Waals surface area contributed by atoms with Gasteiger partial charge in [0.05, 0.1) is 74.4 Å². The SMILES string of the molecule is CC(C)OC(=O)NC1CCC(c2ncc(-c3ccc(Nc4cnn(CCC(C)OC(=O)NC5CCC(c6ncc(-c7ccc(Nc8cnn(C)c8)cc7S(=N)(=O)C7CC7)s6)CC5)c4)cc3S(=O)(=O)C3CC3)s2)CC1. The highest BCUT2D eigenvalue weighted by atomic mass is 32.2. The average Bonchev–Trinajstić information content (AvgIpc) is 4.21. The van der Waals surface area contributed by atoms with Gasteiger partial charge in [-0.15, -0.1) is 22.7 Å². The second-order valence-corrected chi connectivity index (χ2v) is 27.2. The van der Waals surface area contributed by atoms with Crippen molar-refractivity contribution in [3.8, 4) is 20.9 Å². The van der Waals surface area contributed by atoms with Gasteiger partial charge in [-0.1, -0.05) is 12.1 Å². The van der Waals surface area contributed by atoms with E-state index in [2.05, 4.69) is 31.5 Å². The number of rotatable bonds is 19. The van der Waals surface area contributed by atoms with Gasteiger partial charge < -0.3 is 30.7 Å². The maximum atomic E-state index is 13.9. The van der Waals surface area contributed by atoms with Gasteiger partial charge >= 0.3 is 12.2 Å². The van der Waals surface area contributed by atoms with Gasteiger partial charge in [0.25, 0.3) is 0 Å². The Morgan fingerprint density at radius 1 is 0.662 bits per heavy atom. The highest BCUT2D eigenvalue weighted by Crippen LogP contribution is 2.45. The first-order valence-corrected chi connectivity index (χ1v) is 30.6. The molecule has 4 fully saturated rings. The predicted octanol–water partition coefficient (Wildman–Crippen LogP) is 11.2. The molecule has 0 aliphatic heterocycles. The minimum absolute atomic E-state index is 0.0140. The third-order valence-corrected chi connectivity index (χ3v) is 21.3. The second-order valence-electron chi connectivity index (χ2n) is 20.6. The van der Waals surface area contributed by atoms with Crippen molar-refractivity contribution >= 4 is 77.2 Å². The quantitative estimate of drug-likeness (QED) is 0.0508. The maximum absolute atomic E-state index is 13.9. The number of nitrogens with zero attached hydrogens (tertiary/aromatic N) is 6. The number of nitrogens with one attached hydrogen (secondary N) is 5. The van der Waals surface area contributed by atoms with Crippen LogP contribution in [0, 0.1) is 4.78 Å². The molecule has 18 nitrogen and oxygen atoms in total. The molecule has 394 valence electrons. The molecule has 0 bridgehead atoms. The first-order chi connectivity index (χ1) is 35.5. The minimum atomic E-state index is -3.57. The van der Waals surface area contributed by atoms with Crippen molar-refractivity contribution < 1.29 is 31.7 Å². The Morgan fingerprint density at radius 3 is 1.70 bits per heavy atom. The van der Waals surface area contributed by atoms with Crippen molar-refractivity contribution in [1.82, 2.24) is 40.2 Å². The van der Waals surface area contributed by atoms with Gasteiger partial charge in [0.2, 0.25) is 0 Å². The van der Waals surface area contributed by atoms with Gasteiger partial charge in [0.15, 0.2) is 9.84 Å². The van der Waals surface area contributed by atoms with E-state index in [9.17, 15) is 22.2 Å². The summed E-state index contributed by atoms with van der Waals surface area (Å²) >= 11 is 3.14. The first kappa shape index (κ1) is 51.6. The molecule has 4 aliphatic carbocycles. The van der Waals surface area contributed by atoms with Crippen LogP contribution in [-0.4, -0.2) is 89.1 Å². The van der Waals surface area contributed by atoms with E-state index in [0.717, 1.165) is 101 Å². The number of sulfone groups is 1. The number of alkyl carbamates (subject to hydrolysis) is 2. The van der Waals surface area contributed by atoms with Crippen LogP contribution in [0.4, 0.5) is 32.3 Å². The zero-order valence-electron chi connectivity index (χ0n) is 42.1. The van der Waals surface area contributed by atoms with Gasteiger partial charge in [0, 0.05) is 96.5 Å². The Labute approximate surface area is 440 Å². The predicted molar refractivity (Wildman–Crippen MR) is 288 cm³/mol. The summed E-state index contributed by atoms with van der Waals surface area (Å²) in [7, 11) is -4.73. The van der Waals surface area contributed by atoms with Crippen LogP contribution < -0.4 is 21.3 Å². The standard InChI is InChI=1S/C52H65N11O7S4/c1-31(2)69-51(64)60-35-9-5-34(6-10-35)50-55-28-46(72-50)44-20-14-38(24-48(44)74(67,68)42-17-18-42)59-40-26-57-63(30-40)22-21-32(3)70-52(65)61-36-11-7-33(8-12-36)49-54-27-45(71-49)43-19-13-37(58-39-25-56-62(4)29-39)23-47(43)73(53,66)41-15-16-41/h13-14,19-20,23-36,41-42,53,58-59H,5-12,15-18,21-22H2,1-4H3,(H,60,64)(H,61,65). The molecule has 4 aliphatic rings. The van der Waals surface area contributed by atoms with Crippen molar-refractivity contribution in [3.63, 3.8) is 0 Å². The van der Waals surface area contributed by atoms with E-state index < -0.39 is 25.7 Å². The molecule has 74 heavy (non-hydrogen) atoms. The Hall–Kier alpha value is -5.84. The molecule has 0 radical (unpaired) electrons. The van der Waals surface area contributed by atoms with E-state index in [1.165, 1.54) is 0 Å². The van der Waals surface area contributed by atoms with Gasteiger partial charge in [-0.05, 0) is 122 Å². The number of amides is 2. The van der Waals surface area contributed by atoms with Crippen LogP contribution >= 0.6 is 22.7 Å². The number of anilines is 4. The molecule has 2 amide bonds. The van der Waals surface area contributed by atoms with Gasteiger partial charge in [-0.2, -0.15) is 10.2 Å². The lowest BCUT2D eigenvalue weighted by Crippen LogP contribution is -2.39. The summed E-state index contributed by atoms with van der Waals surface area (Å²) in [5, 5.41) is 23.0. The van der Waals surface area contributed by atoms with Crippen molar-refractivity contribution in [2.75, 3.05) is 10.6 Å². The fourth-order valence-corrected chi connectivity index (χ4v) is 16.2. The van der Waals surface area contributed by atoms with Crippen LogP contribution in [0.1, 0.15) is 126 Å². The van der Waals surface area contributed by atoms with E-state index in [0.29, 0.717) is 52.5 Å². The van der Waals surface area contributed by atoms with E-state index in [1.54, 1.807) is 56.7 Å². The number of aryl methyl sites for hydroxylation is 2. The minimum Gasteiger partial charge on any atom is -0.447 e. The van der Waals surface area contributed by atoms with Crippen molar-refractivity contribution in [2.24, 2.45) is 7.05 Å². The van der Waals surface area contributed by atoms with Crippen molar-refractivity contribution in [2.45, 2.75) is 167 Å². The lowest BCUT2D eigenvalue weighted by atomic mass is 9.86. The number of benzene rings is 2. The molecular formula is C52H65N11O7S4. The molecule has 4 heterocycles. The topological polar surface area (TPSA) is 237 Å². The summed E-state index contributed by atoms with van der Waals surface area (Å²) in [4.78, 5) is 37.3. The Morgan fingerprint density at radius 2 is 1.18 bits per heavy atom. The fourth-order valence-electron chi connectivity index (χ4n) is 9.94. The number of hydrogen-bond donors (Lipinski definition) is 5. The largest absolute Gasteiger partial charge is 0.447 e. The van der Waals surface area contributed by atoms with E-state index in [4.69, 9.17) is 24.2 Å². The lowest BCUT2D eigenvalue weighted by molar-refractivity contribution is 0.0938. The second kappa shape index (κ2) is 21.8. The monoisotopic (exact) mass is 1080 g/mol. The first-order valence-electron chi connectivity index (χ1n) is 25.8. The Bertz CT molecular complexity index is 3200. The van der Waals surface area contributed by atoms with Crippen LogP contribution in [0.15, 0.2) is 83.4 Å². The van der Waals surface area contributed by atoms with E-state index in [1.807, 2.05) is 76.7 Å². The van der Waals surface area contributed by atoms with E-state index in [-0.39, 0.29) is 52.7 Å². The van der Waals surface area contributed by atoms with Gasteiger partial charge in [-0.3, -0.25) is 9.36 Å². The fraction of sp³-hybridized carbons (Fsp3) is 0.500. The molecule has 4 aromatic heterocycles. The summed E-state index contributed by atoms with van der Waals surface area (Å²) in [6, 6.07) is 11.3. The van der Waals surface area contributed by atoms with Crippen LogP contribution in [0.5, 0.6) is 0 Å². The smallest absolute Gasteiger partial charge is 0.407 e. The maximum Gasteiger partial charge on any atom is 0.407 e. The summed E-state index contributed by atoms with van der Waals surface area (Å²) in [6.07, 6.45) is 19.5. The van der Waals surface area contributed by atoms with Crippen LogP contribution in [0.25, 0.3) is 20.9 Å². The zero-order chi connectivity index (χ0) is 51.7. The molecule has 0 spiro atoms.